The highest BCUT2D eigenvalue weighted by atomic mass is 79.9. The van der Waals surface area contributed by atoms with Gasteiger partial charge in [-0.2, -0.15) is 0 Å². The van der Waals surface area contributed by atoms with E-state index in [1.807, 2.05) is 12.1 Å². The summed E-state index contributed by atoms with van der Waals surface area (Å²) in [5.41, 5.74) is 0. The number of halogens is 1. The molecule has 1 aromatic rings. The maximum absolute atomic E-state index is 12.2. The van der Waals surface area contributed by atoms with Gasteiger partial charge in [-0.1, -0.05) is 40.2 Å². The molecule has 4 heteroatoms. The summed E-state index contributed by atoms with van der Waals surface area (Å²) in [5.74, 6) is 0. The largest absolute Gasteiger partial charge is 0.219 e. The van der Waals surface area contributed by atoms with Crippen LogP contribution in [0.15, 0.2) is 46.2 Å². The molecule has 1 aliphatic rings. The number of rotatable bonds is 2. The quantitative estimate of drug-likeness (QED) is 0.786. The maximum Gasteiger partial charge on any atom is 0.202 e. The fourth-order valence-electron chi connectivity index (χ4n) is 1.81. The summed E-state index contributed by atoms with van der Waals surface area (Å²) < 4.78 is 24.5. The molecule has 0 spiro atoms. The second-order valence-electron chi connectivity index (χ2n) is 3.86. The van der Waals surface area contributed by atoms with Crippen molar-refractivity contribution in [1.82, 2.24) is 0 Å². The van der Waals surface area contributed by atoms with Crippen LogP contribution in [0, 0.1) is 0 Å². The van der Waals surface area contributed by atoms with Crippen LogP contribution in [0.4, 0.5) is 0 Å². The minimum atomic E-state index is -3.26. The van der Waals surface area contributed by atoms with Gasteiger partial charge in [-0.3, -0.25) is 0 Å². The number of hydrogen-bond donors (Lipinski definition) is 0. The van der Waals surface area contributed by atoms with Crippen molar-refractivity contribution >= 4 is 25.8 Å². The molecule has 2 rings (SSSR count). The first-order valence-corrected chi connectivity index (χ1v) is 7.65. The van der Waals surface area contributed by atoms with Crippen molar-refractivity contribution < 1.29 is 8.42 Å². The summed E-state index contributed by atoms with van der Waals surface area (Å²) >= 11 is 3.45. The van der Waals surface area contributed by atoms with Crippen molar-refractivity contribution in [3.05, 3.63) is 41.3 Å². The van der Waals surface area contributed by atoms with Crippen LogP contribution in [0.25, 0.3) is 0 Å². The van der Waals surface area contributed by atoms with Crippen LogP contribution in [0.5, 0.6) is 0 Å². The normalized spacial score (nSPS) is 21.6. The van der Waals surface area contributed by atoms with Crippen molar-refractivity contribution in [3.8, 4) is 0 Å². The van der Waals surface area contributed by atoms with Crippen LogP contribution in [0.1, 0.15) is 19.3 Å². The Bertz CT molecular complexity index is 491. The third kappa shape index (κ3) is 2.38. The van der Waals surface area contributed by atoms with Gasteiger partial charge in [0.1, 0.15) is 0 Å². The molecule has 0 saturated carbocycles. The molecule has 0 aliphatic heterocycles. The van der Waals surface area contributed by atoms with E-state index in [2.05, 4.69) is 15.9 Å². The van der Waals surface area contributed by atoms with Gasteiger partial charge in [0.05, 0.1) is 4.90 Å². The first-order chi connectivity index (χ1) is 7.60. The summed E-state index contributed by atoms with van der Waals surface area (Å²) in [7, 11) is -3.26. The first kappa shape index (κ1) is 11.9. The van der Waals surface area contributed by atoms with Gasteiger partial charge in [-0.25, -0.2) is 8.42 Å². The van der Waals surface area contributed by atoms with Gasteiger partial charge in [0.2, 0.25) is 9.84 Å². The minimum Gasteiger partial charge on any atom is -0.219 e. The van der Waals surface area contributed by atoms with E-state index in [1.165, 1.54) is 0 Å². The molecule has 0 saturated heterocycles. The monoisotopic (exact) mass is 300 g/mol. The summed E-state index contributed by atoms with van der Waals surface area (Å²) in [6.45, 7) is 0. The van der Waals surface area contributed by atoms with Gasteiger partial charge in [0.25, 0.3) is 0 Å². The van der Waals surface area contributed by atoms with E-state index in [0.29, 0.717) is 16.2 Å². The van der Waals surface area contributed by atoms with Crippen LogP contribution < -0.4 is 0 Å². The number of alkyl halides is 1. The minimum absolute atomic E-state index is 0.190. The fourth-order valence-corrected chi connectivity index (χ4v) is 4.21. The van der Waals surface area contributed by atoms with Crippen molar-refractivity contribution in [2.45, 2.75) is 29.0 Å². The lowest BCUT2D eigenvalue weighted by molar-refractivity contribution is 0.596. The van der Waals surface area contributed by atoms with E-state index in [9.17, 15) is 8.42 Å². The highest BCUT2D eigenvalue weighted by molar-refractivity contribution is 9.09. The molecule has 0 N–H and O–H groups in total. The van der Waals surface area contributed by atoms with E-state index < -0.39 is 9.84 Å². The zero-order valence-electron chi connectivity index (χ0n) is 8.77. The average Bonchev–Trinajstić information content (AvgIpc) is 2.30. The second kappa shape index (κ2) is 4.72. The Morgan fingerprint density at radius 1 is 1.19 bits per heavy atom. The Hall–Kier alpha value is -0.610. The molecule has 0 radical (unpaired) electrons. The third-order valence-corrected chi connectivity index (χ3v) is 5.31. The van der Waals surface area contributed by atoms with Crippen molar-refractivity contribution in [1.29, 1.82) is 0 Å². The molecule has 0 bridgehead atoms. The summed E-state index contributed by atoms with van der Waals surface area (Å²) in [5, 5.41) is 0. The number of sulfone groups is 1. The first-order valence-electron chi connectivity index (χ1n) is 5.25. The van der Waals surface area contributed by atoms with Crippen LogP contribution in [-0.4, -0.2) is 13.2 Å². The van der Waals surface area contributed by atoms with E-state index in [0.717, 1.165) is 12.8 Å². The Morgan fingerprint density at radius 3 is 2.50 bits per heavy atom. The Kier molecular flexibility index (Phi) is 3.50. The molecule has 0 aromatic heterocycles. The zero-order chi connectivity index (χ0) is 11.6. The molecule has 1 atom stereocenters. The number of hydrogen-bond acceptors (Lipinski definition) is 2. The Morgan fingerprint density at radius 2 is 1.88 bits per heavy atom. The highest BCUT2D eigenvalue weighted by Gasteiger charge is 2.23. The van der Waals surface area contributed by atoms with Gasteiger partial charge in [-0.05, 0) is 31.4 Å². The second-order valence-corrected chi connectivity index (χ2v) is 7.04. The van der Waals surface area contributed by atoms with Gasteiger partial charge in [-0.15, -0.1) is 0 Å². The average molecular weight is 301 g/mol. The molecule has 1 unspecified atom stereocenters. The lowest BCUT2D eigenvalue weighted by Crippen LogP contribution is -2.11. The molecule has 86 valence electrons. The fraction of sp³-hybridized carbons (Fsp3) is 0.333. The predicted molar refractivity (Wildman–Crippen MR) is 68.3 cm³/mol. The van der Waals surface area contributed by atoms with Crippen LogP contribution in [0.3, 0.4) is 0 Å². The molecule has 1 aromatic carbocycles. The summed E-state index contributed by atoms with van der Waals surface area (Å²) in [6, 6.07) is 8.62. The summed E-state index contributed by atoms with van der Waals surface area (Å²) in [6.07, 6.45) is 4.41. The Balaban J connectivity index is 2.40. The molecule has 0 fully saturated rings. The number of allylic oxidation sites excluding steroid dienone is 2. The smallest absolute Gasteiger partial charge is 0.202 e. The lowest BCUT2D eigenvalue weighted by atomic mass is 10.1. The Labute approximate surface area is 104 Å². The molecule has 0 amide bonds. The van der Waals surface area contributed by atoms with Gasteiger partial charge in [0, 0.05) is 9.73 Å². The third-order valence-electron chi connectivity index (χ3n) is 2.67. The molecular formula is C12H13BrO2S. The van der Waals surface area contributed by atoms with E-state index >= 15 is 0 Å². The van der Waals surface area contributed by atoms with E-state index in [1.54, 1.807) is 24.3 Å². The van der Waals surface area contributed by atoms with Crippen LogP contribution in [-0.2, 0) is 9.84 Å². The molecule has 16 heavy (non-hydrogen) atoms. The van der Waals surface area contributed by atoms with Gasteiger partial charge in [0.15, 0.2) is 0 Å². The lowest BCUT2D eigenvalue weighted by Gasteiger charge is -2.16. The van der Waals surface area contributed by atoms with Crippen molar-refractivity contribution in [2.24, 2.45) is 0 Å². The topological polar surface area (TPSA) is 34.1 Å². The maximum atomic E-state index is 12.2. The van der Waals surface area contributed by atoms with Crippen molar-refractivity contribution in [3.63, 3.8) is 0 Å². The highest BCUT2D eigenvalue weighted by Crippen LogP contribution is 2.30. The molecule has 1 aliphatic carbocycles. The molecular weight excluding hydrogens is 288 g/mol. The number of benzene rings is 1. The zero-order valence-corrected chi connectivity index (χ0v) is 11.2. The standard InChI is InChI=1S/C12H13BrO2S/c13-10-5-4-8-12(9-10)16(14,15)11-6-2-1-3-7-11/h1-3,6-7,9-10H,4-5,8H2. The van der Waals surface area contributed by atoms with Gasteiger partial charge < -0.3 is 0 Å². The van der Waals surface area contributed by atoms with E-state index in [4.69, 9.17) is 0 Å². The molecule has 2 nitrogen and oxygen atoms in total. The van der Waals surface area contributed by atoms with E-state index in [-0.39, 0.29) is 4.83 Å². The SMILES string of the molecule is O=S(=O)(C1=CC(Br)CCC1)c1ccccc1. The molecule has 0 heterocycles. The predicted octanol–water partition coefficient (Wildman–Crippen LogP) is 3.29. The van der Waals surface area contributed by atoms with Crippen LogP contribution >= 0.6 is 15.9 Å². The van der Waals surface area contributed by atoms with Gasteiger partial charge >= 0.3 is 0 Å². The van der Waals surface area contributed by atoms with Crippen LogP contribution in [0.2, 0.25) is 0 Å². The van der Waals surface area contributed by atoms with Crippen molar-refractivity contribution in [2.75, 3.05) is 0 Å². The summed E-state index contributed by atoms with van der Waals surface area (Å²) in [4.78, 5) is 1.13.